The van der Waals surface area contributed by atoms with Gasteiger partial charge >= 0.3 is 0 Å². The average Bonchev–Trinajstić information content (AvgIpc) is 2.88. The Hall–Kier alpha value is -0.400. The van der Waals surface area contributed by atoms with E-state index in [0.29, 0.717) is 6.04 Å². The molecule has 0 bridgehead atoms. The number of halogens is 2. The number of hydrogen-bond acceptors (Lipinski definition) is 2. The van der Waals surface area contributed by atoms with Gasteiger partial charge in [-0.3, -0.25) is 4.68 Å². The third-order valence-electron chi connectivity index (χ3n) is 3.29. The summed E-state index contributed by atoms with van der Waals surface area (Å²) in [4.78, 5) is 0. The summed E-state index contributed by atoms with van der Waals surface area (Å²) in [7, 11) is 2.00. The van der Waals surface area contributed by atoms with Crippen LogP contribution in [0.2, 0.25) is 0 Å². The molecule has 108 valence electrons. The Balaban J connectivity index is 2.21. The molecule has 1 unspecified atom stereocenters. The third kappa shape index (κ3) is 3.83. The van der Waals surface area contributed by atoms with Crippen molar-refractivity contribution in [3.63, 3.8) is 0 Å². The molecule has 0 amide bonds. The van der Waals surface area contributed by atoms with E-state index in [2.05, 4.69) is 93.2 Å². The lowest BCUT2D eigenvalue weighted by atomic mass is 10.0. The van der Waals surface area contributed by atoms with E-state index in [1.807, 2.05) is 11.7 Å². The zero-order chi connectivity index (χ0) is 14.7. The molecule has 20 heavy (non-hydrogen) atoms. The first-order chi connectivity index (χ1) is 9.51. The Morgan fingerprint density at radius 2 is 2.10 bits per heavy atom. The van der Waals surface area contributed by atoms with Gasteiger partial charge in [-0.05, 0) is 73.3 Å². The molecule has 0 spiro atoms. The van der Waals surface area contributed by atoms with Gasteiger partial charge in [0.25, 0.3) is 0 Å². The molecule has 0 saturated carbocycles. The van der Waals surface area contributed by atoms with Crippen LogP contribution in [0.4, 0.5) is 0 Å². The van der Waals surface area contributed by atoms with Crippen molar-refractivity contribution in [2.24, 2.45) is 0 Å². The Kier molecular flexibility index (Phi) is 5.63. The Labute approximate surface area is 142 Å². The van der Waals surface area contributed by atoms with Gasteiger partial charge in [0.15, 0.2) is 0 Å². The lowest BCUT2D eigenvalue weighted by Crippen LogP contribution is -2.20. The molecule has 2 aromatic rings. The van der Waals surface area contributed by atoms with Gasteiger partial charge in [0.05, 0.1) is 5.69 Å². The minimum absolute atomic E-state index is 0.273. The van der Waals surface area contributed by atoms with E-state index in [0.717, 1.165) is 16.6 Å². The molecular weight excluding hydrogens is 429 g/mol. The van der Waals surface area contributed by atoms with E-state index in [4.69, 9.17) is 0 Å². The fourth-order valence-corrected chi connectivity index (χ4v) is 3.22. The summed E-state index contributed by atoms with van der Waals surface area (Å²) in [5, 5.41) is 8.04. The number of benzene rings is 1. The molecular formula is C15H19BrIN3. The number of rotatable bonds is 5. The van der Waals surface area contributed by atoms with Crippen LogP contribution >= 0.6 is 38.5 Å². The second-order valence-electron chi connectivity index (χ2n) is 5.09. The number of nitrogens with zero attached hydrogens (tertiary/aromatic N) is 2. The quantitative estimate of drug-likeness (QED) is 0.691. The van der Waals surface area contributed by atoms with Crippen LogP contribution in [0.3, 0.4) is 0 Å². The van der Waals surface area contributed by atoms with E-state index in [-0.39, 0.29) is 6.04 Å². The van der Waals surface area contributed by atoms with Crippen molar-refractivity contribution in [2.75, 3.05) is 7.05 Å². The van der Waals surface area contributed by atoms with E-state index >= 15 is 0 Å². The highest BCUT2D eigenvalue weighted by Crippen LogP contribution is 2.26. The molecule has 0 saturated heterocycles. The van der Waals surface area contributed by atoms with E-state index in [1.165, 1.54) is 9.13 Å². The predicted molar refractivity (Wildman–Crippen MR) is 95.0 cm³/mol. The van der Waals surface area contributed by atoms with Crippen LogP contribution in [0.5, 0.6) is 0 Å². The van der Waals surface area contributed by atoms with Gasteiger partial charge in [-0.2, -0.15) is 5.10 Å². The average molecular weight is 448 g/mol. The van der Waals surface area contributed by atoms with Gasteiger partial charge in [0, 0.05) is 32.7 Å². The molecule has 0 fully saturated rings. The number of nitrogens with one attached hydrogen (secondary N) is 1. The summed E-state index contributed by atoms with van der Waals surface area (Å²) in [6, 6.07) is 9.18. The summed E-state index contributed by atoms with van der Waals surface area (Å²) in [5.41, 5.74) is 2.43. The Morgan fingerprint density at radius 3 is 2.70 bits per heavy atom. The second kappa shape index (κ2) is 7.04. The largest absolute Gasteiger partial charge is 0.313 e. The van der Waals surface area contributed by atoms with Crippen LogP contribution in [0.25, 0.3) is 0 Å². The minimum atomic E-state index is 0.273. The lowest BCUT2D eigenvalue weighted by molar-refractivity contribution is 0.514. The van der Waals surface area contributed by atoms with E-state index in [9.17, 15) is 0 Å². The van der Waals surface area contributed by atoms with Gasteiger partial charge in [-0.15, -0.1) is 0 Å². The number of aromatic nitrogens is 2. The van der Waals surface area contributed by atoms with Gasteiger partial charge in [-0.1, -0.05) is 15.9 Å². The first-order valence-corrected chi connectivity index (χ1v) is 8.54. The van der Waals surface area contributed by atoms with Crippen molar-refractivity contribution < 1.29 is 0 Å². The SMILES string of the molecule is CNC(Cc1ccn(C(C)C)n1)c1cc(Br)ccc1I. The van der Waals surface area contributed by atoms with Gasteiger partial charge in [0.1, 0.15) is 0 Å². The van der Waals surface area contributed by atoms with Crippen molar-refractivity contribution >= 4 is 38.5 Å². The maximum atomic E-state index is 4.64. The molecule has 1 aromatic heterocycles. The molecule has 0 aliphatic heterocycles. The zero-order valence-electron chi connectivity index (χ0n) is 11.9. The molecule has 1 heterocycles. The van der Waals surface area contributed by atoms with Gasteiger partial charge < -0.3 is 5.32 Å². The summed E-state index contributed by atoms with van der Waals surface area (Å²) in [6.45, 7) is 4.28. The van der Waals surface area contributed by atoms with Crippen LogP contribution in [-0.2, 0) is 6.42 Å². The fraction of sp³-hybridized carbons (Fsp3) is 0.400. The zero-order valence-corrected chi connectivity index (χ0v) is 15.6. The molecule has 5 heteroatoms. The molecule has 0 aliphatic rings. The van der Waals surface area contributed by atoms with Crippen molar-refractivity contribution in [2.45, 2.75) is 32.4 Å². The first kappa shape index (κ1) is 16.0. The fourth-order valence-electron chi connectivity index (χ4n) is 2.13. The van der Waals surface area contributed by atoms with Crippen molar-refractivity contribution in [3.8, 4) is 0 Å². The lowest BCUT2D eigenvalue weighted by Gasteiger charge is -2.17. The van der Waals surface area contributed by atoms with Gasteiger partial charge in [0.2, 0.25) is 0 Å². The highest BCUT2D eigenvalue weighted by molar-refractivity contribution is 14.1. The topological polar surface area (TPSA) is 29.9 Å². The second-order valence-corrected chi connectivity index (χ2v) is 7.17. The Morgan fingerprint density at radius 1 is 1.35 bits per heavy atom. The van der Waals surface area contributed by atoms with Crippen LogP contribution in [0.1, 0.15) is 37.2 Å². The number of hydrogen-bond donors (Lipinski definition) is 1. The Bertz CT molecular complexity index is 580. The summed E-state index contributed by atoms with van der Waals surface area (Å²) >= 11 is 5.94. The smallest absolute Gasteiger partial charge is 0.0643 e. The summed E-state index contributed by atoms with van der Waals surface area (Å²) in [6.07, 6.45) is 2.95. The molecule has 0 aliphatic carbocycles. The molecule has 1 atom stereocenters. The van der Waals surface area contributed by atoms with Gasteiger partial charge in [-0.25, -0.2) is 0 Å². The predicted octanol–water partition coefficient (Wildman–Crippen LogP) is 4.33. The van der Waals surface area contributed by atoms with Crippen LogP contribution in [0, 0.1) is 3.57 Å². The van der Waals surface area contributed by atoms with Crippen LogP contribution < -0.4 is 5.32 Å². The van der Waals surface area contributed by atoms with Crippen molar-refractivity contribution in [3.05, 3.63) is 49.8 Å². The highest BCUT2D eigenvalue weighted by atomic mass is 127. The maximum absolute atomic E-state index is 4.64. The third-order valence-corrected chi connectivity index (χ3v) is 4.76. The molecule has 2 rings (SSSR count). The standard InChI is InChI=1S/C15H19BrIN3/c1-10(2)20-7-6-12(19-20)9-15(18-3)13-8-11(16)4-5-14(13)17/h4-8,10,15,18H,9H2,1-3H3. The molecule has 1 N–H and O–H groups in total. The van der Waals surface area contributed by atoms with Crippen molar-refractivity contribution in [1.82, 2.24) is 15.1 Å². The number of likely N-dealkylation sites (N-methyl/N-ethyl adjacent to an activating group) is 1. The van der Waals surface area contributed by atoms with E-state index in [1.54, 1.807) is 0 Å². The maximum Gasteiger partial charge on any atom is 0.0643 e. The first-order valence-electron chi connectivity index (χ1n) is 6.67. The van der Waals surface area contributed by atoms with Crippen LogP contribution in [-0.4, -0.2) is 16.8 Å². The molecule has 3 nitrogen and oxygen atoms in total. The minimum Gasteiger partial charge on any atom is -0.313 e. The summed E-state index contributed by atoms with van der Waals surface area (Å²) in [5.74, 6) is 0. The summed E-state index contributed by atoms with van der Waals surface area (Å²) < 4.78 is 4.39. The van der Waals surface area contributed by atoms with E-state index < -0.39 is 0 Å². The molecule has 0 radical (unpaired) electrons. The highest BCUT2D eigenvalue weighted by Gasteiger charge is 2.15. The molecule has 1 aromatic carbocycles. The normalized spacial score (nSPS) is 12.9. The van der Waals surface area contributed by atoms with Crippen LogP contribution in [0.15, 0.2) is 34.9 Å². The van der Waals surface area contributed by atoms with Crippen molar-refractivity contribution in [1.29, 1.82) is 0 Å². The monoisotopic (exact) mass is 447 g/mol.